The largest absolute Gasteiger partial charge is 0.382 e. The number of hydrogen-bond donors (Lipinski definition) is 4. The summed E-state index contributed by atoms with van der Waals surface area (Å²) in [6, 6.07) is 11.3. The Labute approximate surface area is 136 Å². The highest BCUT2D eigenvalue weighted by molar-refractivity contribution is 7.18. The summed E-state index contributed by atoms with van der Waals surface area (Å²) in [4.78, 5) is 10.5. The quantitative estimate of drug-likeness (QED) is 0.435. The second kappa shape index (κ2) is 5.98. The van der Waals surface area contributed by atoms with Crippen molar-refractivity contribution in [3.63, 3.8) is 0 Å². The predicted molar refractivity (Wildman–Crippen MR) is 92.8 cm³/mol. The highest BCUT2D eigenvalue weighted by Gasteiger charge is 2.07. The lowest BCUT2D eigenvalue weighted by Crippen LogP contribution is -2.12. The molecule has 0 unspecified atom stereocenters. The van der Waals surface area contributed by atoms with E-state index in [2.05, 4.69) is 9.97 Å². The normalized spacial score (nSPS) is 10.4. The molecule has 0 amide bonds. The summed E-state index contributed by atoms with van der Waals surface area (Å²) >= 11 is 1.62. The first-order valence-electron chi connectivity index (χ1n) is 6.76. The molecular formula is C16H14N6S. The summed E-state index contributed by atoms with van der Waals surface area (Å²) in [6.07, 6.45) is 3.42. The van der Waals surface area contributed by atoms with Crippen LogP contribution >= 0.6 is 11.3 Å². The van der Waals surface area contributed by atoms with Gasteiger partial charge >= 0.3 is 0 Å². The van der Waals surface area contributed by atoms with Crippen LogP contribution in [0, 0.1) is 10.8 Å². The van der Waals surface area contributed by atoms with Gasteiger partial charge in [-0.25, -0.2) is 0 Å². The van der Waals surface area contributed by atoms with Gasteiger partial charge in [0, 0.05) is 33.3 Å². The molecule has 0 spiro atoms. The molecule has 0 radical (unpaired) electrons. The van der Waals surface area contributed by atoms with E-state index in [1.54, 1.807) is 35.9 Å². The monoisotopic (exact) mass is 322 g/mol. The molecule has 0 aliphatic carbocycles. The van der Waals surface area contributed by atoms with E-state index in [4.69, 9.17) is 22.3 Å². The number of aromatic nitrogens is 2. The van der Waals surface area contributed by atoms with Crippen LogP contribution in [0.2, 0.25) is 0 Å². The molecule has 7 heteroatoms. The van der Waals surface area contributed by atoms with Gasteiger partial charge in [0.05, 0.1) is 0 Å². The zero-order valence-electron chi connectivity index (χ0n) is 12.1. The Morgan fingerprint density at radius 1 is 0.739 bits per heavy atom. The molecule has 0 aromatic carbocycles. The summed E-state index contributed by atoms with van der Waals surface area (Å²) < 4.78 is 0. The molecular weight excluding hydrogens is 308 g/mol. The van der Waals surface area contributed by atoms with Gasteiger partial charge in [-0.05, 0) is 36.4 Å². The maximum absolute atomic E-state index is 7.36. The van der Waals surface area contributed by atoms with E-state index in [-0.39, 0.29) is 11.7 Å². The van der Waals surface area contributed by atoms with Gasteiger partial charge in [0.1, 0.15) is 23.1 Å². The smallest absolute Gasteiger partial charge is 0.141 e. The number of amidine groups is 2. The van der Waals surface area contributed by atoms with Gasteiger partial charge in [-0.2, -0.15) is 0 Å². The Morgan fingerprint density at radius 2 is 1.17 bits per heavy atom. The summed E-state index contributed by atoms with van der Waals surface area (Å²) in [6.45, 7) is 0. The fourth-order valence-corrected chi connectivity index (χ4v) is 3.03. The molecule has 3 aromatic heterocycles. The Kier molecular flexibility index (Phi) is 3.86. The zero-order valence-corrected chi connectivity index (χ0v) is 12.9. The van der Waals surface area contributed by atoms with Crippen molar-refractivity contribution in [3.8, 4) is 20.9 Å². The Bertz CT molecular complexity index is 792. The first kappa shape index (κ1) is 14.9. The van der Waals surface area contributed by atoms with Crippen LogP contribution in [-0.2, 0) is 0 Å². The molecule has 23 heavy (non-hydrogen) atoms. The molecule has 0 fully saturated rings. The van der Waals surface area contributed by atoms with Crippen LogP contribution in [0.4, 0.5) is 0 Å². The van der Waals surface area contributed by atoms with Crippen molar-refractivity contribution in [1.82, 2.24) is 9.97 Å². The molecule has 3 rings (SSSR count). The number of hydrogen-bond acceptors (Lipinski definition) is 5. The minimum Gasteiger partial charge on any atom is -0.382 e. The maximum atomic E-state index is 7.36. The van der Waals surface area contributed by atoms with Gasteiger partial charge in [0.15, 0.2) is 0 Å². The second-order valence-corrected chi connectivity index (χ2v) is 5.94. The van der Waals surface area contributed by atoms with Crippen LogP contribution in [-0.4, -0.2) is 21.6 Å². The fourth-order valence-electron chi connectivity index (χ4n) is 2.05. The Balaban J connectivity index is 1.87. The molecule has 3 aromatic rings. The van der Waals surface area contributed by atoms with Crippen molar-refractivity contribution in [2.45, 2.75) is 0 Å². The zero-order chi connectivity index (χ0) is 16.4. The third kappa shape index (κ3) is 3.09. The molecule has 0 saturated heterocycles. The lowest BCUT2D eigenvalue weighted by molar-refractivity contribution is 1.26. The number of nitrogen functional groups attached to an aromatic ring is 2. The lowest BCUT2D eigenvalue weighted by atomic mass is 10.2. The molecule has 0 atom stereocenters. The van der Waals surface area contributed by atoms with Crippen LogP contribution in [0.15, 0.2) is 48.8 Å². The van der Waals surface area contributed by atoms with E-state index < -0.39 is 0 Å². The molecule has 0 aliphatic heterocycles. The molecule has 3 heterocycles. The van der Waals surface area contributed by atoms with E-state index in [9.17, 15) is 0 Å². The summed E-state index contributed by atoms with van der Waals surface area (Å²) in [5.41, 5.74) is 13.7. The second-order valence-electron chi connectivity index (χ2n) is 4.86. The van der Waals surface area contributed by atoms with Gasteiger partial charge in [-0.1, -0.05) is 0 Å². The van der Waals surface area contributed by atoms with Crippen LogP contribution in [0.5, 0.6) is 0 Å². The molecule has 0 bridgehead atoms. The van der Waals surface area contributed by atoms with Crippen molar-refractivity contribution < 1.29 is 0 Å². The lowest BCUT2D eigenvalue weighted by Gasteiger charge is -2.01. The van der Waals surface area contributed by atoms with Crippen LogP contribution in [0.1, 0.15) is 11.4 Å². The van der Waals surface area contributed by atoms with Gasteiger partial charge in [0.25, 0.3) is 0 Å². The number of pyridine rings is 2. The number of nitrogens with one attached hydrogen (secondary N) is 2. The average molecular weight is 322 g/mol. The van der Waals surface area contributed by atoms with Gasteiger partial charge in [0.2, 0.25) is 0 Å². The van der Waals surface area contributed by atoms with Gasteiger partial charge in [-0.15, -0.1) is 11.3 Å². The predicted octanol–water partition coefficient (Wildman–Crippen LogP) is 2.44. The Hall–Kier alpha value is -3.06. The highest BCUT2D eigenvalue weighted by atomic mass is 32.1. The van der Waals surface area contributed by atoms with E-state index in [0.29, 0.717) is 11.4 Å². The van der Waals surface area contributed by atoms with E-state index >= 15 is 0 Å². The van der Waals surface area contributed by atoms with Crippen molar-refractivity contribution in [2.75, 3.05) is 0 Å². The van der Waals surface area contributed by atoms with Crippen LogP contribution in [0.25, 0.3) is 20.9 Å². The average Bonchev–Trinajstić information content (AvgIpc) is 3.05. The Morgan fingerprint density at radius 3 is 1.48 bits per heavy atom. The van der Waals surface area contributed by atoms with Crippen LogP contribution in [0.3, 0.4) is 0 Å². The minimum atomic E-state index is -0.0416. The fraction of sp³-hybridized carbons (Fsp3) is 0. The standard InChI is InChI=1S/C16H14N6S/c17-15(18)11-3-1-9(7-21-11)13-5-6-14(23-13)10-2-4-12(16(19)20)22-8-10/h1-8H,(H3,17,18)(H3,19,20). The number of nitrogens with zero attached hydrogens (tertiary/aromatic N) is 2. The highest BCUT2D eigenvalue weighted by Crippen LogP contribution is 2.33. The number of thiophene rings is 1. The SMILES string of the molecule is N=C(N)c1ccc(-c2ccc(-c3ccc(C(=N)N)nc3)s2)cn1. The van der Waals surface area contributed by atoms with E-state index in [1.807, 2.05) is 24.3 Å². The van der Waals surface area contributed by atoms with Crippen molar-refractivity contribution in [1.29, 1.82) is 10.8 Å². The van der Waals surface area contributed by atoms with Crippen LogP contribution < -0.4 is 11.5 Å². The topological polar surface area (TPSA) is 126 Å². The summed E-state index contributed by atoms with van der Waals surface area (Å²) in [7, 11) is 0. The first-order chi connectivity index (χ1) is 11.0. The summed E-state index contributed by atoms with van der Waals surface area (Å²) in [5, 5.41) is 14.7. The van der Waals surface area contributed by atoms with E-state index in [0.717, 1.165) is 20.9 Å². The number of nitrogens with two attached hydrogens (primary N) is 2. The third-order valence-electron chi connectivity index (χ3n) is 3.25. The molecule has 114 valence electrons. The van der Waals surface area contributed by atoms with Crippen molar-refractivity contribution in [3.05, 3.63) is 60.2 Å². The van der Waals surface area contributed by atoms with Gasteiger partial charge < -0.3 is 11.5 Å². The molecule has 0 saturated carbocycles. The minimum absolute atomic E-state index is 0.0416. The number of rotatable bonds is 4. The first-order valence-corrected chi connectivity index (χ1v) is 7.58. The van der Waals surface area contributed by atoms with E-state index in [1.165, 1.54) is 0 Å². The van der Waals surface area contributed by atoms with Crippen molar-refractivity contribution in [2.24, 2.45) is 11.5 Å². The molecule has 0 aliphatic rings. The van der Waals surface area contributed by atoms with Gasteiger partial charge in [-0.3, -0.25) is 20.8 Å². The maximum Gasteiger partial charge on any atom is 0.141 e. The molecule has 6 N–H and O–H groups in total. The van der Waals surface area contributed by atoms with Crippen molar-refractivity contribution >= 4 is 23.0 Å². The third-order valence-corrected chi connectivity index (χ3v) is 4.44. The summed E-state index contributed by atoms with van der Waals surface area (Å²) in [5.74, 6) is -0.0832. The molecule has 6 nitrogen and oxygen atoms in total.